The fourth-order valence-corrected chi connectivity index (χ4v) is 0.877. The molecule has 1 rings (SSSR count). The molecule has 0 aromatic heterocycles. The molecule has 12 heavy (non-hydrogen) atoms. The highest BCUT2D eigenvalue weighted by Gasteiger charge is 1.96. The van der Waals surface area contributed by atoms with E-state index < -0.39 is 0 Å². The second-order valence-corrected chi connectivity index (χ2v) is 2.53. The number of hydrogen-bond acceptors (Lipinski definition) is 3. The van der Waals surface area contributed by atoms with Gasteiger partial charge in [-0.05, 0) is 24.1 Å². The Morgan fingerprint density at radius 2 is 2.33 bits per heavy atom. The highest BCUT2D eigenvalue weighted by molar-refractivity contribution is 5.37. The molecule has 0 saturated heterocycles. The van der Waals surface area contributed by atoms with Crippen molar-refractivity contribution in [1.82, 2.24) is 0 Å². The summed E-state index contributed by atoms with van der Waals surface area (Å²) in [5.74, 6) is 0.230. The summed E-state index contributed by atoms with van der Waals surface area (Å²) in [6.45, 7) is 2.08. The predicted octanol–water partition coefficient (Wildman–Crippen LogP) is 1.54. The molecule has 0 bridgehead atoms. The first-order valence-electron chi connectivity index (χ1n) is 3.56. The van der Waals surface area contributed by atoms with Gasteiger partial charge >= 0.3 is 0 Å². The first-order chi connectivity index (χ1) is 5.74. The minimum absolute atomic E-state index is 0.230. The third-order valence-electron chi connectivity index (χ3n) is 1.60. The number of nitrogens with zero attached hydrogens (tertiary/aromatic N) is 1. The summed E-state index contributed by atoms with van der Waals surface area (Å²) in [6, 6.07) is 5.19. The molecule has 0 aliphatic heterocycles. The van der Waals surface area contributed by atoms with Crippen LogP contribution in [0.5, 0.6) is 5.75 Å². The highest BCUT2D eigenvalue weighted by Crippen LogP contribution is 2.17. The van der Waals surface area contributed by atoms with Gasteiger partial charge in [-0.25, -0.2) is 9.79 Å². The Hall–Kier alpha value is -1.60. The third-order valence-corrected chi connectivity index (χ3v) is 1.60. The summed E-state index contributed by atoms with van der Waals surface area (Å²) in [6.07, 6.45) is 1.44. The van der Waals surface area contributed by atoms with E-state index in [4.69, 9.17) is 0 Å². The molecule has 0 saturated carbocycles. The monoisotopic (exact) mass is 163 g/mol. The molecular weight excluding hydrogens is 154 g/mol. The second kappa shape index (κ2) is 3.69. The van der Waals surface area contributed by atoms with Crippen LogP contribution in [0.25, 0.3) is 0 Å². The van der Waals surface area contributed by atoms with Crippen molar-refractivity contribution in [3.8, 4) is 5.75 Å². The molecular formula is C9H9NO2. The predicted molar refractivity (Wildman–Crippen MR) is 44.7 cm³/mol. The number of rotatable bonds is 2. The molecule has 0 spiro atoms. The van der Waals surface area contributed by atoms with Gasteiger partial charge in [0.15, 0.2) is 0 Å². The lowest BCUT2D eigenvalue weighted by atomic mass is 10.1. The van der Waals surface area contributed by atoms with Gasteiger partial charge in [0.05, 0.1) is 6.54 Å². The summed E-state index contributed by atoms with van der Waals surface area (Å²) >= 11 is 0. The zero-order chi connectivity index (χ0) is 8.97. The summed E-state index contributed by atoms with van der Waals surface area (Å²) < 4.78 is 0. The van der Waals surface area contributed by atoms with Crippen LogP contribution in [0.4, 0.5) is 0 Å². The average molecular weight is 163 g/mol. The molecule has 0 aliphatic carbocycles. The van der Waals surface area contributed by atoms with E-state index in [2.05, 4.69) is 4.99 Å². The van der Waals surface area contributed by atoms with Crippen molar-refractivity contribution in [2.24, 2.45) is 4.99 Å². The van der Waals surface area contributed by atoms with Crippen molar-refractivity contribution >= 4 is 6.08 Å². The Morgan fingerprint density at radius 3 is 2.92 bits per heavy atom. The molecule has 0 amide bonds. The van der Waals surface area contributed by atoms with Gasteiger partial charge in [0.1, 0.15) is 5.75 Å². The largest absolute Gasteiger partial charge is 0.508 e. The Bertz CT molecular complexity index is 327. The number of isocyanates is 1. The van der Waals surface area contributed by atoms with Crippen LogP contribution in [0, 0.1) is 6.92 Å². The van der Waals surface area contributed by atoms with Crippen LogP contribution in [0.15, 0.2) is 23.2 Å². The van der Waals surface area contributed by atoms with E-state index in [0.29, 0.717) is 0 Å². The van der Waals surface area contributed by atoms with E-state index in [9.17, 15) is 9.90 Å². The fourth-order valence-electron chi connectivity index (χ4n) is 0.877. The van der Waals surface area contributed by atoms with E-state index in [-0.39, 0.29) is 12.3 Å². The number of aromatic hydroxyl groups is 1. The van der Waals surface area contributed by atoms with E-state index in [0.717, 1.165) is 11.1 Å². The van der Waals surface area contributed by atoms with E-state index in [1.165, 1.54) is 6.08 Å². The van der Waals surface area contributed by atoms with Gasteiger partial charge in [-0.3, -0.25) is 0 Å². The Labute approximate surface area is 70.4 Å². The number of carbonyl (C=O) groups excluding carboxylic acids is 1. The molecule has 0 fully saturated rings. The molecule has 1 aromatic carbocycles. The van der Waals surface area contributed by atoms with Crippen LogP contribution in [0.3, 0.4) is 0 Å². The zero-order valence-corrected chi connectivity index (χ0v) is 6.74. The van der Waals surface area contributed by atoms with Crippen molar-refractivity contribution in [3.05, 3.63) is 29.3 Å². The fraction of sp³-hybridized carbons (Fsp3) is 0.222. The maximum Gasteiger partial charge on any atom is 0.235 e. The van der Waals surface area contributed by atoms with Gasteiger partial charge in [0.25, 0.3) is 0 Å². The van der Waals surface area contributed by atoms with Crippen molar-refractivity contribution in [2.75, 3.05) is 0 Å². The smallest absolute Gasteiger partial charge is 0.235 e. The third kappa shape index (κ3) is 1.94. The first kappa shape index (κ1) is 8.50. The van der Waals surface area contributed by atoms with Crippen LogP contribution >= 0.6 is 0 Å². The lowest BCUT2D eigenvalue weighted by Crippen LogP contribution is -1.82. The minimum Gasteiger partial charge on any atom is -0.508 e. The summed E-state index contributed by atoms with van der Waals surface area (Å²) in [5, 5.41) is 9.26. The second-order valence-electron chi connectivity index (χ2n) is 2.53. The number of aryl methyl sites for hydroxylation is 1. The molecule has 0 aliphatic rings. The molecule has 3 heteroatoms. The summed E-state index contributed by atoms with van der Waals surface area (Å²) in [7, 11) is 0. The van der Waals surface area contributed by atoms with E-state index in [1.807, 2.05) is 13.0 Å². The maximum atomic E-state index is 9.78. The number of phenols is 1. The highest BCUT2D eigenvalue weighted by atomic mass is 16.3. The number of benzene rings is 1. The van der Waals surface area contributed by atoms with Crippen LogP contribution in [0.2, 0.25) is 0 Å². The summed E-state index contributed by atoms with van der Waals surface area (Å²) in [4.78, 5) is 13.2. The molecule has 0 heterocycles. The van der Waals surface area contributed by atoms with Crippen LogP contribution < -0.4 is 0 Å². The van der Waals surface area contributed by atoms with Crippen molar-refractivity contribution in [1.29, 1.82) is 0 Å². The zero-order valence-electron chi connectivity index (χ0n) is 6.74. The van der Waals surface area contributed by atoms with Gasteiger partial charge < -0.3 is 5.11 Å². The van der Waals surface area contributed by atoms with Crippen LogP contribution in [-0.4, -0.2) is 11.2 Å². The lowest BCUT2D eigenvalue weighted by molar-refractivity contribution is 0.470. The molecule has 0 unspecified atom stereocenters. The van der Waals surface area contributed by atoms with Gasteiger partial charge in [-0.15, -0.1) is 0 Å². The van der Waals surface area contributed by atoms with Crippen LogP contribution in [0.1, 0.15) is 11.1 Å². The van der Waals surface area contributed by atoms with Crippen LogP contribution in [-0.2, 0) is 11.3 Å². The number of hydrogen-bond donors (Lipinski definition) is 1. The molecule has 62 valence electrons. The first-order valence-corrected chi connectivity index (χ1v) is 3.56. The van der Waals surface area contributed by atoms with Crippen molar-refractivity contribution in [3.63, 3.8) is 0 Å². The maximum absolute atomic E-state index is 9.78. The minimum atomic E-state index is 0.230. The SMILES string of the molecule is Cc1ccc(CN=C=O)cc1O. The molecule has 1 aromatic rings. The van der Waals surface area contributed by atoms with Crippen molar-refractivity contribution < 1.29 is 9.90 Å². The van der Waals surface area contributed by atoms with Gasteiger partial charge in [0.2, 0.25) is 6.08 Å². The standard InChI is InChI=1S/C9H9NO2/c1-7-2-3-8(4-9(7)12)5-10-6-11/h2-4,12H,5H2,1H3. The Morgan fingerprint density at radius 1 is 1.58 bits per heavy atom. The Balaban J connectivity index is 2.89. The Kier molecular flexibility index (Phi) is 2.62. The van der Waals surface area contributed by atoms with Gasteiger partial charge in [0, 0.05) is 0 Å². The molecule has 0 atom stereocenters. The summed E-state index contributed by atoms with van der Waals surface area (Å²) in [5.41, 5.74) is 1.62. The van der Waals surface area contributed by atoms with E-state index in [1.54, 1.807) is 12.1 Å². The van der Waals surface area contributed by atoms with Gasteiger partial charge in [-0.2, -0.15) is 0 Å². The molecule has 1 N–H and O–H groups in total. The normalized spacial score (nSPS) is 9.08. The molecule has 3 nitrogen and oxygen atoms in total. The number of phenolic OH excluding ortho intramolecular Hbond substituents is 1. The average Bonchev–Trinajstić information content (AvgIpc) is 2.07. The van der Waals surface area contributed by atoms with Gasteiger partial charge in [-0.1, -0.05) is 12.1 Å². The quantitative estimate of drug-likeness (QED) is 0.531. The van der Waals surface area contributed by atoms with E-state index >= 15 is 0 Å². The number of aliphatic imine (C=N–C) groups is 1. The molecule has 0 radical (unpaired) electrons. The topological polar surface area (TPSA) is 49.7 Å². The van der Waals surface area contributed by atoms with Crippen molar-refractivity contribution in [2.45, 2.75) is 13.5 Å². The lowest BCUT2D eigenvalue weighted by Gasteiger charge is -1.99.